The van der Waals surface area contributed by atoms with E-state index in [1.807, 2.05) is 30.7 Å². The van der Waals surface area contributed by atoms with Crippen molar-refractivity contribution >= 4 is 16.6 Å². The van der Waals surface area contributed by atoms with Crippen LogP contribution < -0.4 is 5.32 Å². The number of aromatic nitrogens is 4. The van der Waals surface area contributed by atoms with Gasteiger partial charge in [-0.05, 0) is 66.9 Å². The quantitative estimate of drug-likeness (QED) is 0.447. The van der Waals surface area contributed by atoms with Crippen LogP contribution in [0.1, 0.15) is 36.1 Å². The van der Waals surface area contributed by atoms with Crippen LogP contribution in [0.2, 0.25) is 0 Å². The maximum atomic E-state index is 4.53. The molecule has 4 heterocycles. The summed E-state index contributed by atoms with van der Waals surface area (Å²) in [5.41, 5.74) is 7.24. The minimum Gasteiger partial charge on any atom is -0.380 e. The highest BCUT2D eigenvalue weighted by atomic mass is 15.1. The van der Waals surface area contributed by atoms with Crippen LogP contribution in [0.5, 0.6) is 0 Å². The second-order valence-electron chi connectivity index (χ2n) is 8.44. The van der Waals surface area contributed by atoms with E-state index in [-0.39, 0.29) is 0 Å². The second kappa shape index (κ2) is 9.32. The number of piperidine rings is 1. The minimum atomic E-state index is 0.656. The Morgan fingerprint density at radius 3 is 2.69 bits per heavy atom. The van der Waals surface area contributed by atoms with Crippen molar-refractivity contribution in [3.8, 4) is 11.1 Å². The number of H-pyrrole nitrogens is 1. The number of likely N-dealkylation sites (tertiary alicyclic amines) is 1. The Hall–Kier alpha value is -3.51. The number of pyridine rings is 2. The van der Waals surface area contributed by atoms with Gasteiger partial charge < -0.3 is 5.32 Å². The number of hydrogen-bond acceptors (Lipinski definition) is 5. The zero-order valence-corrected chi connectivity index (χ0v) is 18.2. The van der Waals surface area contributed by atoms with Gasteiger partial charge in [0.25, 0.3) is 0 Å². The molecule has 1 aliphatic rings. The van der Waals surface area contributed by atoms with Gasteiger partial charge in [-0.1, -0.05) is 25.1 Å². The fraction of sp³-hybridized carbons (Fsp3) is 0.269. The predicted octanol–water partition coefficient (Wildman–Crippen LogP) is 4.77. The second-order valence-corrected chi connectivity index (χ2v) is 8.44. The lowest BCUT2D eigenvalue weighted by Gasteiger charge is -2.26. The molecule has 2 N–H and O–H groups in total. The van der Waals surface area contributed by atoms with Gasteiger partial charge in [-0.25, -0.2) is 0 Å². The molecule has 3 aromatic heterocycles. The van der Waals surface area contributed by atoms with Gasteiger partial charge in [0.15, 0.2) is 0 Å². The Balaban J connectivity index is 1.36. The molecule has 0 unspecified atom stereocenters. The molecule has 0 radical (unpaired) electrons. The molecule has 4 aromatic rings. The van der Waals surface area contributed by atoms with Crippen LogP contribution in [-0.2, 0) is 13.1 Å². The average Bonchev–Trinajstić information content (AvgIpc) is 3.27. The standard InChI is InChI=1S/C26H28N6/c1-19(29-16-20-6-5-9-27-14-20)26-24-13-22(7-8-25(24)30-31-26)23-12-21(15-28-17-23)18-32-10-3-2-4-11-32/h5-9,12-15,17,29H,1-4,10-11,16,18H2,(H,30,31). The highest BCUT2D eigenvalue weighted by molar-refractivity contribution is 5.92. The number of benzene rings is 1. The van der Waals surface area contributed by atoms with Crippen LogP contribution in [0.4, 0.5) is 0 Å². The summed E-state index contributed by atoms with van der Waals surface area (Å²) >= 11 is 0. The van der Waals surface area contributed by atoms with E-state index in [1.165, 1.54) is 37.9 Å². The number of fused-ring (bicyclic) bond motifs is 1. The molecule has 0 amide bonds. The summed E-state index contributed by atoms with van der Waals surface area (Å²) < 4.78 is 0. The zero-order valence-electron chi connectivity index (χ0n) is 18.2. The predicted molar refractivity (Wildman–Crippen MR) is 129 cm³/mol. The number of hydrogen-bond donors (Lipinski definition) is 2. The van der Waals surface area contributed by atoms with Gasteiger partial charge in [-0.2, -0.15) is 5.10 Å². The summed E-state index contributed by atoms with van der Waals surface area (Å²) in [5.74, 6) is 0. The van der Waals surface area contributed by atoms with Crippen LogP contribution in [0.15, 0.2) is 67.8 Å². The molecule has 1 aliphatic heterocycles. The van der Waals surface area contributed by atoms with Crippen molar-refractivity contribution in [1.29, 1.82) is 0 Å². The van der Waals surface area contributed by atoms with Crippen molar-refractivity contribution in [2.75, 3.05) is 13.1 Å². The third-order valence-corrected chi connectivity index (χ3v) is 6.06. The van der Waals surface area contributed by atoms with Crippen molar-refractivity contribution in [2.45, 2.75) is 32.4 Å². The summed E-state index contributed by atoms with van der Waals surface area (Å²) in [5, 5.41) is 12.1. The van der Waals surface area contributed by atoms with Crippen LogP contribution in [-0.4, -0.2) is 38.2 Å². The molecule has 0 atom stereocenters. The first-order chi connectivity index (χ1) is 15.8. The van der Waals surface area contributed by atoms with E-state index in [0.29, 0.717) is 6.54 Å². The molecule has 6 nitrogen and oxygen atoms in total. The van der Waals surface area contributed by atoms with Crippen molar-refractivity contribution in [3.63, 3.8) is 0 Å². The fourth-order valence-electron chi connectivity index (χ4n) is 4.33. The average molecular weight is 425 g/mol. The number of nitrogens with one attached hydrogen (secondary N) is 2. The molecule has 1 saturated heterocycles. The van der Waals surface area contributed by atoms with E-state index in [4.69, 9.17) is 0 Å². The minimum absolute atomic E-state index is 0.656. The zero-order chi connectivity index (χ0) is 21.8. The lowest BCUT2D eigenvalue weighted by Crippen LogP contribution is -2.29. The van der Waals surface area contributed by atoms with E-state index in [2.05, 4.69) is 61.2 Å². The first-order valence-corrected chi connectivity index (χ1v) is 11.2. The number of nitrogens with zero attached hydrogens (tertiary/aromatic N) is 4. The third kappa shape index (κ3) is 4.55. The molecule has 0 aliphatic carbocycles. The van der Waals surface area contributed by atoms with Gasteiger partial charge in [0.1, 0.15) is 5.69 Å². The highest BCUT2D eigenvalue weighted by Gasteiger charge is 2.13. The van der Waals surface area contributed by atoms with Crippen LogP contribution in [0.25, 0.3) is 27.7 Å². The Labute approximate surface area is 188 Å². The monoisotopic (exact) mass is 424 g/mol. The fourth-order valence-corrected chi connectivity index (χ4v) is 4.33. The van der Waals surface area contributed by atoms with E-state index in [9.17, 15) is 0 Å². The summed E-state index contributed by atoms with van der Waals surface area (Å²) in [6, 6.07) is 12.6. The molecule has 0 bridgehead atoms. The Kier molecular flexibility index (Phi) is 5.94. The first-order valence-electron chi connectivity index (χ1n) is 11.2. The maximum Gasteiger partial charge on any atom is 0.115 e. The summed E-state index contributed by atoms with van der Waals surface area (Å²) in [6.45, 7) is 8.20. The van der Waals surface area contributed by atoms with Crippen molar-refractivity contribution in [1.82, 2.24) is 30.4 Å². The van der Waals surface area contributed by atoms with Gasteiger partial charge in [0, 0.05) is 48.8 Å². The van der Waals surface area contributed by atoms with Crippen LogP contribution in [0, 0.1) is 0 Å². The Morgan fingerprint density at radius 1 is 0.969 bits per heavy atom. The maximum absolute atomic E-state index is 4.53. The SMILES string of the molecule is C=C(NCc1cccnc1)c1n[nH]c2ccc(-c3cncc(CN4CCCCC4)c3)cc12. The largest absolute Gasteiger partial charge is 0.380 e. The Morgan fingerprint density at radius 2 is 1.84 bits per heavy atom. The molecular formula is C26H28N6. The Bertz CT molecular complexity index is 1210. The van der Waals surface area contributed by atoms with E-state index in [1.54, 1.807) is 6.20 Å². The van der Waals surface area contributed by atoms with E-state index in [0.717, 1.165) is 45.5 Å². The summed E-state index contributed by atoms with van der Waals surface area (Å²) in [4.78, 5) is 11.2. The first kappa shape index (κ1) is 20.4. The molecule has 0 spiro atoms. The topological polar surface area (TPSA) is 69.7 Å². The third-order valence-electron chi connectivity index (χ3n) is 6.06. The molecule has 32 heavy (non-hydrogen) atoms. The van der Waals surface area contributed by atoms with Crippen LogP contribution in [0.3, 0.4) is 0 Å². The van der Waals surface area contributed by atoms with Gasteiger partial charge >= 0.3 is 0 Å². The lowest BCUT2D eigenvalue weighted by molar-refractivity contribution is 0.220. The molecule has 1 aromatic carbocycles. The molecule has 162 valence electrons. The van der Waals surface area contributed by atoms with Gasteiger partial charge in [-0.15, -0.1) is 0 Å². The molecule has 0 saturated carbocycles. The normalized spacial score (nSPS) is 14.5. The van der Waals surface area contributed by atoms with Crippen molar-refractivity contribution in [2.24, 2.45) is 0 Å². The van der Waals surface area contributed by atoms with Crippen molar-refractivity contribution < 1.29 is 0 Å². The smallest absolute Gasteiger partial charge is 0.115 e. The van der Waals surface area contributed by atoms with Gasteiger partial charge in [0.2, 0.25) is 0 Å². The molecule has 1 fully saturated rings. The highest BCUT2D eigenvalue weighted by Crippen LogP contribution is 2.28. The number of aromatic amines is 1. The van der Waals surface area contributed by atoms with Gasteiger partial charge in [0.05, 0.1) is 11.2 Å². The van der Waals surface area contributed by atoms with Crippen LogP contribution >= 0.6 is 0 Å². The molecule has 6 heteroatoms. The number of rotatable bonds is 7. The molecule has 5 rings (SSSR count). The lowest BCUT2D eigenvalue weighted by atomic mass is 10.0. The summed E-state index contributed by atoms with van der Waals surface area (Å²) in [6.07, 6.45) is 11.5. The van der Waals surface area contributed by atoms with Crippen molar-refractivity contribution in [3.05, 3.63) is 84.6 Å². The summed E-state index contributed by atoms with van der Waals surface area (Å²) in [7, 11) is 0. The van der Waals surface area contributed by atoms with E-state index >= 15 is 0 Å². The van der Waals surface area contributed by atoms with E-state index < -0.39 is 0 Å². The molecular weight excluding hydrogens is 396 g/mol. The van der Waals surface area contributed by atoms with Gasteiger partial charge in [-0.3, -0.25) is 20.0 Å².